The molecule has 1 aliphatic heterocycles. The molecule has 3 aromatic rings. The quantitative estimate of drug-likeness (QED) is 0.654. The average Bonchev–Trinajstić information content (AvgIpc) is 3.52. The number of aliphatic carboxylic acids is 1. The Morgan fingerprint density at radius 3 is 2.78 bits per heavy atom. The van der Waals surface area contributed by atoms with Crippen molar-refractivity contribution >= 4 is 17.7 Å². The van der Waals surface area contributed by atoms with Gasteiger partial charge in [0, 0.05) is 11.6 Å². The van der Waals surface area contributed by atoms with E-state index in [9.17, 15) is 14.7 Å². The lowest BCUT2D eigenvalue weighted by Crippen LogP contribution is -2.24. The van der Waals surface area contributed by atoms with Gasteiger partial charge < -0.3 is 9.67 Å². The van der Waals surface area contributed by atoms with Gasteiger partial charge in [0.1, 0.15) is 17.8 Å². The van der Waals surface area contributed by atoms with Gasteiger partial charge in [-0.15, -0.1) is 10.2 Å². The maximum Gasteiger partial charge on any atom is 0.306 e. The molecule has 1 aliphatic carbocycles. The third-order valence-corrected chi connectivity index (χ3v) is 6.56. The van der Waals surface area contributed by atoms with Gasteiger partial charge in [0.2, 0.25) is 0 Å². The minimum atomic E-state index is -0.727. The molecule has 1 aromatic carbocycles. The summed E-state index contributed by atoms with van der Waals surface area (Å²) in [6.45, 7) is 4.57. The molecular formula is C24H25N5O3. The molecule has 0 bridgehead atoms. The van der Waals surface area contributed by atoms with Crippen LogP contribution < -0.4 is 4.90 Å². The van der Waals surface area contributed by atoms with Crippen molar-refractivity contribution in [1.29, 1.82) is 0 Å². The number of aromatic nitrogens is 4. The number of nitrogens with zero attached hydrogens (tertiary/aromatic N) is 5. The zero-order chi connectivity index (χ0) is 22.4. The molecule has 0 spiro atoms. The van der Waals surface area contributed by atoms with Crippen molar-refractivity contribution in [3.05, 3.63) is 59.4 Å². The van der Waals surface area contributed by atoms with Gasteiger partial charge in [-0.1, -0.05) is 18.2 Å². The van der Waals surface area contributed by atoms with E-state index in [1.54, 1.807) is 11.2 Å². The van der Waals surface area contributed by atoms with Crippen LogP contribution in [0.5, 0.6) is 0 Å². The maximum atomic E-state index is 13.3. The van der Waals surface area contributed by atoms with Gasteiger partial charge in [-0.2, -0.15) is 0 Å². The first-order chi connectivity index (χ1) is 15.4. The van der Waals surface area contributed by atoms with Crippen molar-refractivity contribution in [3.63, 3.8) is 0 Å². The summed E-state index contributed by atoms with van der Waals surface area (Å²) in [6, 6.07) is 11.8. The van der Waals surface area contributed by atoms with E-state index in [2.05, 4.69) is 24.0 Å². The van der Waals surface area contributed by atoms with Crippen LogP contribution in [0.4, 0.5) is 5.82 Å². The van der Waals surface area contributed by atoms with Crippen LogP contribution in [0, 0.1) is 5.92 Å². The van der Waals surface area contributed by atoms with Gasteiger partial charge in [-0.25, -0.2) is 4.98 Å². The fourth-order valence-electron chi connectivity index (χ4n) is 4.77. The van der Waals surface area contributed by atoms with Gasteiger partial charge in [-0.05, 0) is 68.4 Å². The van der Waals surface area contributed by atoms with Crippen LogP contribution in [-0.4, -0.2) is 36.7 Å². The Morgan fingerprint density at radius 2 is 2.03 bits per heavy atom. The van der Waals surface area contributed by atoms with E-state index in [4.69, 9.17) is 4.98 Å². The van der Waals surface area contributed by atoms with Crippen LogP contribution in [-0.2, 0) is 11.3 Å². The largest absolute Gasteiger partial charge is 0.481 e. The molecule has 0 unspecified atom stereocenters. The smallest absolute Gasteiger partial charge is 0.306 e. The molecule has 0 radical (unpaired) electrons. The zero-order valence-electron chi connectivity index (χ0n) is 18.1. The van der Waals surface area contributed by atoms with Crippen LogP contribution in [0.2, 0.25) is 0 Å². The number of hydrogen-bond donors (Lipinski definition) is 1. The lowest BCUT2D eigenvalue weighted by molar-refractivity contribution is -0.141. The lowest BCUT2D eigenvalue weighted by atomic mass is 9.93. The van der Waals surface area contributed by atoms with E-state index in [1.165, 1.54) is 0 Å². The van der Waals surface area contributed by atoms with Crippen LogP contribution in [0.1, 0.15) is 66.6 Å². The summed E-state index contributed by atoms with van der Waals surface area (Å²) in [4.78, 5) is 31.0. The van der Waals surface area contributed by atoms with E-state index < -0.39 is 5.97 Å². The molecule has 2 aromatic heterocycles. The van der Waals surface area contributed by atoms with Crippen molar-refractivity contribution in [2.45, 2.75) is 51.6 Å². The highest BCUT2D eigenvalue weighted by molar-refractivity contribution is 6.09. The Bertz CT molecular complexity index is 1200. The molecule has 1 amide bonds. The summed E-state index contributed by atoms with van der Waals surface area (Å²) in [7, 11) is 0. The van der Waals surface area contributed by atoms with Gasteiger partial charge in [0.15, 0.2) is 5.82 Å². The van der Waals surface area contributed by atoms with Gasteiger partial charge in [-0.3, -0.25) is 14.5 Å². The summed E-state index contributed by atoms with van der Waals surface area (Å²) >= 11 is 0. The van der Waals surface area contributed by atoms with Gasteiger partial charge in [0.25, 0.3) is 5.91 Å². The van der Waals surface area contributed by atoms with Crippen LogP contribution in [0.3, 0.4) is 0 Å². The van der Waals surface area contributed by atoms with Gasteiger partial charge >= 0.3 is 5.97 Å². The number of rotatable bonds is 5. The molecule has 5 rings (SSSR count). The average molecular weight is 431 g/mol. The Kier molecular flexibility index (Phi) is 5.00. The van der Waals surface area contributed by atoms with E-state index in [0.29, 0.717) is 42.3 Å². The van der Waals surface area contributed by atoms with Crippen molar-refractivity contribution in [3.8, 4) is 11.5 Å². The number of hydrogen-bond acceptors (Lipinski definition) is 5. The molecule has 1 saturated carbocycles. The molecule has 1 N–H and O–H groups in total. The minimum absolute atomic E-state index is 0.0791. The molecule has 3 heterocycles. The van der Waals surface area contributed by atoms with Crippen molar-refractivity contribution < 1.29 is 14.7 Å². The number of carboxylic acids is 1. The molecule has 8 heteroatoms. The lowest BCUT2D eigenvalue weighted by Gasteiger charge is -2.16. The summed E-state index contributed by atoms with van der Waals surface area (Å²) in [6.07, 6.45) is 3.85. The molecular weight excluding hydrogens is 406 g/mol. The summed E-state index contributed by atoms with van der Waals surface area (Å²) in [5, 5.41) is 17.5. The van der Waals surface area contributed by atoms with Crippen LogP contribution >= 0.6 is 0 Å². The topological polar surface area (TPSA) is 101 Å². The molecule has 1 fully saturated rings. The molecule has 32 heavy (non-hydrogen) atoms. The predicted octanol–water partition coefficient (Wildman–Crippen LogP) is 4.05. The highest BCUT2D eigenvalue weighted by Gasteiger charge is 2.34. The number of carbonyl (C=O) groups excluding carboxylic acids is 1. The summed E-state index contributed by atoms with van der Waals surface area (Å²) in [5.41, 5.74) is 3.36. The maximum absolute atomic E-state index is 13.3. The monoisotopic (exact) mass is 431 g/mol. The minimum Gasteiger partial charge on any atom is -0.481 e. The van der Waals surface area contributed by atoms with Crippen LogP contribution in [0.15, 0.2) is 42.7 Å². The number of fused-ring (bicyclic) bond motifs is 1. The van der Waals surface area contributed by atoms with Crippen molar-refractivity contribution in [2.24, 2.45) is 5.92 Å². The van der Waals surface area contributed by atoms with E-state index in [-0.39, 0.29) is 23.8 Å². The fraction of sp³-hybridized carbons (Fsp3) is 0.375. The standard InChI is InChI=1S/C24H25N5O3/c1-14(2)29-13-25-27-22(29)20-4-3-5-21(26-20)28-12-18-9-7-16(11-19(18)23(28)30)15-6-8-17(10-15)24(31)32/h3-5,7,9,11,13-15,17H,6,8,10,12H2,1-2H3,(H,31,32)/t15-,17+/m1/s1. The Labute approximate surface area is 185 Å². The zero-order valence-corrected chi connectivity index (χ0v) is 18.1. The fourth-order valence-corrected chi connectivity index (χ4v) is 4.77. The second-order valence-corrected chi connectivity index (χ2v) is 8.89. The number of pyridine rings is 1. The van der Waals surface area contributed by atoms with Gasteiger partial charge in [0.05, 0.1) is 12.5 Å². The highest BCUT2D eigenvalue weighted by Crippen LogP contribution is 2.40. The first kappa shape index (κ1) is 20.4. The molecule has 8 nitrogen and oxygen atoms in total. The Morgan fingerprint density at radius 1 is 1.19 bits per heavy atom. The summed E-state index contributed by atoms with van der Waals surface area (Å²) in [5.74, 6) is 0.338. The molecule has 164 valence electrons. The second kappa shape index (κ2) is 7.85. The number of anilines is 1. The van der Waals surface area contributed by atoms with Crippen molar-refractivity contribution in [2.75, 3.05) is 4.90 Å². The molecule has 2 aliphatic rings. The molecule has 0 saturated heterocycles. The van der Waals surface area contributed by atoms with Crippen LogP contribution in [0.25, 0.3) is 11.5 Å². The number of carboxylic acid groups (broad SMARTS) is 1. The SMILES string of the molecule is CC(C)n1cnnc1-c1cccc(N2Cc3ccc([C@@H]4CC[C@H](C(=O)O)C4)cc3C2=O)n1. The second-order valence-electron chi connectivity index (χ2n) is 8.89. The summed E-state index contributed by atoms with van der Waals surface area (Å²) < 4.78 is 1.95. The van der Waals surface area contributed by atoms with E-state index >= 15 is 0 Å². The predicted molar refractivity (Wildman–Crippen MR) is 118 cm³/mol. The Balaban J connectivity index is 1.41. The number of benzene rings is 1. The third-order valence-electron chi connectivity index (χ3n) is 6.56. The number of amides is 1. The van der Waals surface area contributed by atoms with Crippen molar-refractivity contribution in [1.82, 2.24) is 19.7 Å². The highest BCUT2D eigenvalue weighted by atomic mass is 16.4. The Hall–Kier alpha value is -3.55. The normalized spacial score (nSPS) is 20.2. The van der Waals surface area contributed by atoms with E-state index in [0.717, 1.165) is 17.5 Å². The number of carbonyl (C=O) groups is 2. The first-order valence-corrected chi connectivity index (χ1v) is 11.0. The third kappa shape index (κ3) is 3.45. The molecule has 2 atom stereocenters. The van der Waals surface area contributed by atoms with E-state index in [1.807, 2.05) is 41.0 Å². The first-order valence-electron chi connectivity index (χ1n) is 11.0.